The van der Waals surface area contributed by atoms with Crippen molar-refractivity contribution in [2.24, 2.45) is 9.98 Å². The van der Waals surface area contributed by atoms with Gasteiger partial charge in [-0.25, -0.2) is 9.98 Å². The van der Waals surface area contributed by atoms with Gasteiger partial charge in [0.1, 0.15) is 0 Å². The van der Waals surface area contributed by atoms with Crippen LogP contribution in [-0.4, -0.2) is 27.4 Å². The van der Waals surface area contributed by atoms with Crippen molar-refractivity contribution < 1.29 is 4.79 Å². The number of hydrogen-bond donors (Lipinski definition) is 1. The summed E-state index contributed by atoms with van der Waals surface area (Å²) in [4.78, 5) is 26.6. The lowest BCUT2D eigenvalue weighted by Gasteiger charge is -2.09. The highest BCUT2D eigenvalue weighted by Crippen LogP contribution is 2.33. The Morgan fingerprint density at radius 3 is 2.35 bits per heavy atom. The van der Waals surface area contributed by atoms with E-state index in [9.17, 15) is 4.79 Å². The minimum absolute atomic E-state index is 0.0566. The van der Waals surface area contributed by atoms with Crippen molar-refractivity contribution in [2.45, 2.75) is 26.2 Å². The second-order valence-electron chi connectivity index (χ2n) is 7.56. The molecule has 0 spiro atoms. The molecule has 2 aromatic carbocycles. The lowest BCUT2D eigenvalue weighted by molar-refractivity contribution is -0.113. The first kappa shape index (κ1) is 21.0. The molecule has 4 rings (SSSR count). The van der Waals surface area contributed by atoms with Crippen molar-refractivity contribution in [2.75, 3.05) is 11.1 Å². The lowest BCUT2D eigenvalue weighted by atomic mass is 10.0. The number of hydrogen-bond acceptors (Lipinski definition) is 5. The van der Waals surface area contributed by atoms with Crippen LogP contribution < -0.4 is 5.32 Å². The first-order valence-electron chi connectivity index (χ1n) is 10.3. The Bertz CT molecular complexity index is 1120. The van der Waals surface area contributed by atoms with E-state index in [-0.39, 0.29) is 11.7 Å². The van der Waals surface area contributed by atoms with Gasteiger partial charge in [-0.2, -0.15) is 0 Å². The number of fused-ring (bicyclic) bond motifs is 1. The van der Waals surface area contributed by atoms with Gasteiger partial charge >= 0.3 is 0 Å². The van der Waals surface area contributed by atoms with E-state index in [0.717, 1.165) is 33.5 Å². The maximum atomic E-state index is 12.5. The summed E-state index contributed by atoms with van der Waals surface area (Å²) in [6.45, 7) is 4.30. The molecule has 5 nitrogen and oxygen atoms in total. The molecule has 0 aliphatic carbocycles. The molecule has 31 heavy (non-hydrogen) atoms. The number of aliphatic imine (C=N–C) groups is 2. The molecule has 0 saturated heterocycles. The smallest absolute Gasteiger partial charge is 0.234 e. The van der Waals surface area contributed by atoms with Crippen molar-refractivity contribution >= 4 is 45.5 Å². The van der Waals surface area contributed by atoms with Crippen molar-refractivity contribution in [3.63, 3.8) is 0 Å². The molecule has 2 heterocycles. The number of amides is 1. The molecule has 0 unspecified atom stereocenters. The summed E-state index contributed by atoms with van der Waals surface area (Å²) in [7, 11) is 0. The lowest BCUT2D eigenvalue weighted by Crippen LogP contribution is -2.16. The molecule has 0 atom stereocenters. The number of carbonyl (C=O) groups is 1. The fourth-order valence-corrected chi connectivity index (χ4v) is 3.99. The fraction of sp³-hybridized carbons (Fsp3) is 0.200. The van der Waals surface area contributed by atoms with Crippen LogP contribution >= 0.6 is 11.8 Å². The van der Waals surface area contributed by atoms with Crippen LogP contribution in [0.4, 0.5) is 17.1 Å². The van der Waals surface area contributed by atoms with Crippen LogP contribution in [0.3, 0.4) is 0 Å². The van der Waals surface area contributed by atoms with Crippen LogP contribution in [0.15, 0.2) is 82.9 Å². The van der Waals surface area contributed by atoms with Gasteiger partial charge in [-0.15, -0.1) is 11.8 Å². The van der Waals surface area contributed by atoms with E-state index < -0.39 is 0 Å². The van der Waals surface area contributed by atoms with Gasteiger partial charge in [0.2, 0.25) is 5.91 Å². The van der Waals surface area contributed by atoms with Gasteiger partial charge in [0, 0.05) is 18.3 Å². The average molecular weight is 429 g/mol. The number of nitrogens with one attached hydrogen (secondary N) is 1. The Morgan fingerprint density at radius 1 is 0.968 bits per heavy atom. The maximum absolute atomic E-state index is 12.5. The SMILES string of the molecule is CC(C)c1ccc(NC(=O)CSC2=Nc3ccccc3N=C(c3ccccn3)C2)cc1. The summed E-state index contributed by atoms with van der Waals surface area (Å²) in [5.41, 5.74) is 5.34. The van der Waals surface area contributed by atoms with Crippen molar-refractivity contribution in [1.29, 1.82) is 0 Å². The standard InChI is InChI=1S/C25H24N4OS/c1-17(2)18-10-12-19(13-11-18)27-24(30)16-31-25-15-23(20-7-5-6-14-26-20)28-21-8-3-4-9-22(21)29-25/h3-14,17H,15-16H2,1-2H3,(H,27,30). The van der Waals surface area contributed by atoms with E-state index in [2.05, 4.69) is 36.3 Å². The van der Waals surface area contributed by atoms with Gasteiger partial charge in [-0.3, -0.25) is 9.78 Å². The van der Waals surface area contributed by atoms with Crippen LogP contribution in [0.2, 0.25) is 0 Å². The normalized spacial score (nSPS) is 13.1. The van der Waals surface area contributed by atoms with Gasteiger partial charge in [-0.05, 0) is 47.9 Å². The maximum Gasteiger partial charge on any atom is 0.234 e. The number of para-hydroxylation sites is 2. The molecule has 1 N–H and O–H groups in total. The second kappa shape index (κ2) is 9.71. The monoisotopic (exact) mass is 428 g/mol. The Kier molecular flexibility index (Phi) is 6.57. The predicted molar refractivity (Wildman–Crippen MR) is 130 cm³/mol. The van der Waals surface area contributed by atoms with E-state index in [0.29, 0.717) is 12.3 Å². The zero-order chi connectivity index (χ0) is 21.6. The number of benzene rings is 2. The highest BCUT2D eigenvalue weighted by atomic mass is 32.2. The van der Waals surface area contributed by atoms with Gasteiger partial charge in [0.15, 0.2) is 0 Å². The van der Waals surface area contributed by atoms with E-state index in [1.54, 1.807) is 6.20 Å². The van der Waals surface area contributed by atoms with E-state index in [4.69, 9.17) is 9.98 Å². The zero-order valence-electron chi connectivity index (χ0n) is 17.6. The Hall–Kier alpha value is -3.25. The van der Waals surface area contributed by atoms with E-state index >= 15 is 0 Å². The molecule has 1 amide bonds. The summed E-state index contributed by atoms with van der Waals surface area (Å²) in [6, 6.07) is 21.6. The number of aromatic nitrogens is 1. The van der Waals surface area contributed by atoms with Crippen LogP contribution in [0.25, 0.3) is 0 Å². The van der Waals surface area contributed by atoms with Crippen molar-refractivity contribution in [3.8, 4) is 0 Å². The third kappa shape index (κ3) is 5.47. The molecule has 3 aromatic rings. The van der Waals surface area contributed by atoms with E-state index in [1.807, 2.05) is 54.6 Å². The summed E-state index contributed by atoms with van der Waals surface area (Å²) in [5, 5.41) is 3.81. The van der Waals surface area contributed by atoms with Crippen LogP contribution in [0.5, 0.6) is 0 Å². The van der Waals surface area contributed by atoms with Gasteiger partial charge in [0.25, 0.3) is 0 Å². The first-order chi connectivity index (χ1) is 15.1. The Morgan fingerprint density at radius 2 is 1.68 bits per heavy atom. The van der Waals surface area contributed by atoms with Crippen LogP contribution in [0.1, 0.15) is 37.4 Å². The average Bonchev–Trinajstić information content (AvgIpc) is 2.98. The Labute approximate surface area is 186 Å². The fourth-order valence-electron chi connectivity index (χ4n) is 3.22. The number of pyridine rings is 1. The predicted octanol–water partition coefficient (Wildman–Crippen LogP) is 6.13. The van der Waals surface area contributed by atoms with Crippen molar-refractivity contribution in [3.05, 3.63) is 84.2 Å². The molecule has 0 bridgehead atoms. The summed E-state index contributed by atoms with van der Waals surface area (Å²) >= 11 is 1.44. The Balaban J connectivity index is 1.47. The minimum Gasteiger partial charge on any atom is -0.325 e. The molecular weight excluding hydrogens is 404 g/mol. The van der Waals surface area contributed by atoms with Crippen LogP contribution in [-0.2, 0) is 4.79 Å². The summed E-state index contributed by atoms with van der Waals surface area (Å²) in [6.07, 6.45) is 2.29. The molecule has 6 heteroatoms. The van der Waals surface area contributed by atoms with Gasteiger partial charge in [-0.1, -0.05) is 44.2 Å². The summed E-state index contributed by atoms with van der Waals surface area (Å²) < 4.78 is 0. The van der Waals surface area contributed by atoms with Gasteiger partial charge in [0.05, 0.1) is 33.6 Å². The summed E-state index contributed by atoms with van der Waals surface area (Å²) in [5.74, 6) is 0.688. The van der Waals surface area contributed by atoms with Crippen LogP contribution in [0, 0.1) is 0 Å². The molecule has 0 fully saturated rings. The topological polar surface area (TPSA) is 66.7 Å². The quantitative estimate of drug-likeness (QED) is 0.531. The molecule has 156 valence electrons. The third-order valence-corrected chi connectivity index (χ3v) is 5.87. The first-order valence-corrected chi connectivity index (χ1v) is 11.3. The number of anilines is 1. The second-order valence-corrected chi connectivity index (χ2v) is 8.61. The molecule has 0 saturated carbocycles. The molecule has 1 aliphatic heterocycles. The minimum atomic E-state index is -0.0566. The third-order valence-electron chi connectivity index (χ3n) is 4.89. The molecule has 1 aromatic heterocycles. The largest absolute Gasteiger partial charge is 0.325 e. The highest BCUT2D eigenvalue weighted by Gasteiger charge is 2.17. The number of rotatable bonds is 5. The number of carbonyl (C=O) groups excluding carboxylic acids is 1. The molecule has 1 aliphatic rings. The number of nitrogens with zero attached hydrogens (tertiary/aromatic N) is 3. The van der Waals surface area contributed by atoms with Crippen molar-refractivity contribution in [1.82, 2.24) is 4.98 Å². The molecular formula is C25H24N4OS. The van der Waals surface area contributed by atoms with E-state index in [1.165, 1.54) is 17.3 Å². The zero-order valence-corrected chi connectivity index (χ0v) is 18.4. The van der Waals surface area contributed by atoms with Gasteiger partial charge < -0.3 is 5.32 Å². The highest BCUT2D eigenvalue weighted by molar-refractivity contribution is 8.14. The number of thioether (sulfide) groups is 1. The molecule has 0 radical (unpaired) electrons.